The van der Waals surface area contributed by atoms with E-state index >= 15 is 0 Å². The van der Waals surface area contributed by atoms with Crippen LogP contribution in [0.1, 0.15) is 37.0 Å². The van der Waals surface area contributed by atoms with Gasteiger partial charge in [-0.15, -0.1) is 11.3 Å². The smallest absolute Gasteiger partial charge is 0.266 e. The second-order valence-electron chi connectivity index (χ2n) is 9.18. The van der Waals surface area contributed by atoms with E-state index in [0.717, 1.165) is 36.5 Å². The minimum Gasteiger partial charge on any atom is -0.289 e. The molecular weight excluding hydrogens is 450 g/mol. The molecule has 1 aromatic heterocycles. The van der Waals surface area contributed by atoms with E-state index in [1.165, 1.54) is 48.7 Å². The molecule has 4 bridgehead atoms. The van der Waals surface area contributed by atoms with E-state index in [1.807, 2.05) is 35.2 Å². The highest BCUT2D eigenvalue weighted by atomic mass is 35.5. The van der Waals surface area contributed by atoms with E-state index in [9.17, 15) is 4.79 Å². The van der Waals surface area contributed by atoms with Crippen LogP contribution in [0.3, 0.4) is 0 Å². The van der Waals surface area contributed by atoms with E-state index in [4.69, 9.17) is 23.8 Å². The molecule has 154 valence electrons. The number of carbonyl (C=O) groups excluding carboxylic acids is 1. The van der Waals surface area contributed by atoms with Gasteiger partial charge in [0.15, 0.2) is 0 Å². The van der Waals surface area contributed by atoms with Gasteiger partial charge in [-0.1, -0.05) is 47.7 Å². The molecule has 1 saturated heterocycles. The quantitative estimate of drug-likeness (QED) is 0.352. The third kappa shape index (κ3) is 3.29. The Morgan fingerprint density at radius 3 is 2.30 bits per heavy atom. The molecule has 0 spiro atoms. The van der Waals surface area contributed by atoms with Crippen LogP contribution in [0, 0.1) is 23.7 Å². The van der Waals surface area contributed by atoms with Crippen LogP contribution >= 0.6 is 46.9 Å². The van der Waals surface area contributed by atoms with Crippen LogP contribution in [0.2, 0.25) is 5.02 Å². The molecular formula is C24H22ClNOS3. The summed E-state index contributed by atoms with van der Waals surface area (Å²) in [5, 5.41) is 0.740. The maximum atomic E-state index is 13.4. The van der Waals surface area contributed by atoms with Crippen molar-refractivity contribution < 1.29 is 4.79 Å². The van der Waals surface area contributed by atoms with Gasteiger partial charge < -0.3 is 0 Å². The highest BCUT2D eigenvalue weighted by Crippen LogP contribution is 2.56. The van der Waals surface area contributed by atoms with Crippen LogP contribution < -0.4 is 0 Å². The molecule has 5 aliphatic rings. The summed E-state index contributed by atoms with van der Waals surface area (Å²) in [7, 11) is 0. The number of nitrogens with zero attached hydrogens (tertiary/aromatic N) is 1. The van der Waals surface area contributed by atoms with Crippen molar-refractivity contribution in [2.24, 2.45) is 23.7 Å². The maximum absolute atomic E-state index is 13.4. The lowest BCUT2D eigenvalue weighted by Crippen LogP contribution is -2.57. The minimum absolute atomic E-state index is 0.129. The predicted octanol–water partition coefficient (Wildman–Crippen LogP) is 7.09. The number of thioether (sulfide) groups is 1. The predicted molar refractivity (Wildman–Crippen MR) is 131 cm³/mol. The van der Waals surface area contributed by atoms with Crippen molar-refractivity contribution in [1.82, 2.24) is 4.90 Å². The van der Waals surface area contributed by atoms with E-state index in [2.05, 4.69) is 12.1 Å². The number of hydrogen-bond donors (Lipinski definition) is 0. The number of thiophene rings is 1. The zero-order chi connectivity index (χ0) is 20.4. The molecule has 2 heterocycles. The number of hydrogen-bond acceptors (Lipinski definition) is 4. The topological polar surface area (TPSA) is 20.3 Å². The first-order chi connectivity index (χ1) is 14.5. The first-order valence-electron chi connectivity index (χ1n) is 10.7. The molecule has 0 unspecified atom stereocenters. The van der Waals surface area contributed by atoms with Crippen molar-refractivity contribution >= 4 is 63.2 Å². The fourth-order valence-electron chi connectivity index (χ4n) is 6.38. The molecule has 5 fully saturated rings. The third-order valence-electron chi connectivity index (χ3n) is 7.33. The van der Waals surface area contributed by atoms with Crippen molar-refractivity contribution in [2.75, 3.05) is 0 Å². The molecule has 0 radical (unpaired) electrons. The zero-order valence-electron chi connectivity index (χ0n) is 16.4. The average molecular weight is 472 g/mol. The van der Waals surface area contributed by atoms with Gasteiger partial charge in [0.05, 0.1) is 4.91 Å². The Kier molecular flexibility index (Phi) is 4.87. The van der Waals surface area contributed by atoms with E-state index in [-0.39, 0.29) is 5.91 Å². The van der Waals surface area contributed by atoms with Gasteiger partial charge in [0.25, 0.3) is 5.91 Å². The fourth-order valence-corrected chi connectivity index (χ4v) is 8.88. The summed E-state index contributed by atoms with van der Waals surface area (Å²) in [4.78, 5) is 18.4. The van der Waals surface area contributed by atoms with E-state index in [1.54, 1.807) is 11.3 Å². The van der Waals surface area contributed by atoms with Crippen molar-refractivity contribution in [2.45, 2.75) is 38.1 Å². The molecule has 1 aromatic carbocycles. The van der Waals surface area contributed by atoms with Gasteiger partial charge in [0, 0.05) is 20.8 Å². The van der Waals surface area contributed by atoms with E-state index in [0.29, 0.717) is 17.9 Å². The van der Waals surface area contributed by atoms with Crippen LogP contribution in [0.25, 0.3) is 16.5 Å². The number of halogens is 1. The molecule has 4 aliphatic carbocycles. The van der Waals surface area contributed by atoms with Crippen LogP contribution in [0.5, 0.6) is 0 Å². The zero-order valence-corrected chi connectivity index (χ0v) is 19.6. The van der Waals surface area contributed by atoms with Crippen LogP contribution in [-0.2, 0) is 4.79 Å². The standard InChI is InChI=1S/C24H22ClNOS3/c25-18-3-1-15(2-4-18)20-6-5-19(29-20)12-21-23(27)26(24(28)30-21)22-16-8-13-7-14(10-16)11-17(22)9-13/h1-6,12-14,16-17,22H,7-11H2/b21-12-. The number of amides is 1. The SMILES string of the molecule is O=C1/C(=C/c2ccc(-c3ccc(Cl)cc3)s2)SC(=S)N1C1C2CC3CC(C2)CC1C3. The molecule has 6 heteroatoms. The molecule has 2 nitrogen and oxygen atoms in total. The van der Waals surface area contributed by atoms with Gasteiger partial charge in [-0.3, -0.25) is 9.69 Å². The van der Waals surface area contributed by atoms with Gasteiger partial charge >= 0.3 is 0 Å². The lowest BCUT2D eigenvalue weighted by molar-refractivity contribution is -0.130. The van der Waals surface area contributed by atoms with E-state index < -0.39 is 0 Å². The normalized spacial score (nSPS) is 33.8. The van der Waals surface area contributed by atoms with Gasteiger partial charge in [0.1, 0.15) is 4.32 Å². The Labute approximate surface area is 195 Å². The summed E-state index contributed by atoms with van der Waals surface area (Å²) in [6.07, 6.45) is 8.63. The monoisotopic (exact) mass is 471 g/mol. The fraction of sp³-hybridized carbons (Fsp3) is 0.417. The average Bonchev–Trinajstić information content (AvgIpc) is 3.28. The van der Waals surface area contributed by atoms with Gasteiger partial charge in [0.2, 0.25) is 0 Å². The van der Waals surface area contributed by atoms with Crippen molar-refractivity contribution in [3.63, 3.8) is 0 Å². The molecule has 0 atom stereocenters. The molecule has 1 aliphatic heterocycles. The number of rotatable bonds is 3. The molecule has 30 heavy (non-hydrogen) atoms. The highest BCUT2D eigenvalue weighted by molar-refractivity contribution is 8.26. The molecule has 2 aromatic rings. The minimum atomic E-state index is 0.129. The summed E-state index contributed by atoms with van der Waals surface area (Å²) in [6.45, 7) is 0. The molecule has 4 saturated carbocycles. The summed E-state index contributed by atoms with van der Waals surface area (Å²) in [6, 6.07) is 12.4. The van der Waals surface area contributed by atoms with Gasteiger partial charge in [-0.25, -0.2) is 0 Å². The molecule has 0 N–H and O–H groups in total. The van der Waals surface area contributed by atoms with Crippen molar-refractivity contribution in [3.8, 4) is 10.4 Å². The Bertz CT molecular complexity index is 1030. The lowest BCUT2D eigenvalue weighted by Gasteiger charge is -2.56. The largest absolute Gasteiger partial charge is 0.289 e. The number of carbonyl (C=O) groups is 1. The van der Waals surface area contributed by atoms with Crippen LogP contribution in [0.4, 0.5) is 0 Å². The van der Waals surface area contributed by atoms with Crippen LogP contribution in [0.15, 0.2) is 41.3 Å². The summed E-state index contributed by atoms with van der Waals surface area (Å²) in [5.74, 6) is 3.23. The summed E-state index contributed by atoms with van der Waals surface area (Å²) in [5.41, 5.74) is 1.14. The number of benzene rings is 1. The lowest BCUT2D eigenvalue weighted by atomic mass is 9.54. The first-order valence-corrected chi connectivity index (χ1v) is 13.1. The second kappa shape index (κ2) is 7.47. The van der Waals surface area contributed by atoms with Crippen molar-refractivity contribution in [1.29, 1.82) is 0 Å². The molecule has 7 rings (SSSR count). The molecule has 1 amide bonds. The second-order valence-corrected chi connectivity index (χ2v) is 12.4. The first kappa shape index (κ1) is 19.5. The van der Waals surface area contributed by atoms with Gasteiger partial charge in [-0.2, -0.15) is 0 Å². The number of thiocarbonyl (C=S) groups is 1. The Hall–Kier alpha value is -1.14. The summed E-state index contributed by atoms with van der Waals surface area (Å²) >= 11 is 14.9. The summed E-state index contributed by atoms with van der Waals surface area (Å²) < 4.78 is 0.762. The van der Waals surface area contributed by atoms with Crippen molar-refractivity contribution in [3.05, 3.63) is 51.2 Å². The Balaban J connectivity index is 1.25. The maximum Gasteiger partial charge on any atom is 0.266 e. The highest BCUT2D eigenvalue weighted by Gasteiger charge is 2.53. The van der Waals surface area contributed by atoms with Gasteiger partial charge in [-0.05, 0) is 91.7 Å². The Morgan fingerprint density at radius 2 is 1.63 bits per heavy atom. The Morgan fingerprint density at radius 1 is 0.967 bits per heavy atom. The third-order valence-corrected chi connectivity index (χ3v) is 9.99. The van der Waals surface area contributed by atoms with Crippen LogP contribution in [-0.4, -0.2) is 21.2 Å².